The Morgan fingerprint density at radius 3 is 1.61 bits per heavy atom. The Bertz CT molecular complexity index is 181. The summed E-state index contributed by atoms with van der Waals surface area (Å²) >= 11 is 0. The van der Waals surface area contributed by atoms with Crippen LogP contribution in [0.4, 0.5) is 0 Å². The fraction of sp³-hybridized carbons (Fsp3) is 1.00. The standard InChI is InChI=1S/C17H38Si/c1-7-8-9-10-11-12-13-14-15-16(2)17(3)18(4,5)6/h16-17H,7-15H2,1-6H3. The van der Waals surface area contributed by atoms with Gasteiger partial charge in [0, 0.05) is 8.07 Å². The molecular weight excluding hydrogens is 232 g/mol. The van der Waals surface area contributed by atoms with Crippen molar-refractivity contribution in [3.8, 4) is 0 Å². The molecule has 0 fully saturated rings. The fourth-order valence-electron chi connectivity index (χ4n) is 2.70. The lowest BCUT2D eigenvalue weighted by atomic mass is 9.99. The maximum Gasteiger partial charge on any atom is 0.0473 e. The third-order valence-electron chi connectivity index (χ3n) is 4.73. The van der Waals surface area contributed by atoms with E-state index >= 15 is 0 Å². The molecule has 0 N–H and O–H groups in total. The SMILES string of the molecule is CCCCCCCCCCC(C)C(C)[Si](C)(C)C. The molecule has 1 heteroatoms. The average molecular weight is 271 g/mol. The Morgan fingerprint density at radius 1 is 0.722 bits per heavy atom. The quantitative estimate of drug-likeness (QED) is 0.283. The van der Waals surface area contributed by atoms with Crippen LogP contribution < -0.4 is 0 Å². The summed E-state index contributed by atoms with van der Waals surface area (Å²) in [6.07, 6.45) is 13.1. The molecule has 0 amide bonds. The van der Waals surface area contributed by atoms with Crippen molar-refractivity contribution in [2.24, 2.45) is 5.92 Å². The molecule has 0 aromatic rings. The van der Waals surface area contributed by atoms with E-state index in [2.05, 4.69) is 40.4 Å². The summed E-state index contributed by atoms with van der Waals surface area (Å²) in [6, 6.07) is 0. The van der Waals surface area contributed by atoms with E-state index in [1.165, 1.54) is 57.8 Å². The van der Waals surface area contributed by atoms with Crippen molar-refractivity contribution in [2.75, 3.05) is 0 Å². The minimum atomic E-state index is -0.914. The van der Waals surface area contributed by atoms with Crippen LogP contribution in [0.5, 0.6) is 0 Å². The normalized spacial score (nSPS) is 15.7. The smallest absolute Gasteiger partial charge is 0.0473 e. The maximum absolute atomic E-state index is 2.52. The predicted octanol–water partition coefficient (Wildman–Crippen LogP) is 6.88. The van der Waals surface area contributed by atoms with Crippen molar-refractivity contribution >= 4 is 8.07 Å². The van der Waals surface area contributed by atoms with Crippen LogP contribution in [0.3, 0.4) is 0 Å². The Kier molecular flexibility index (Phi) is 10.2. The van der Waals surface area contributed by atoms with E-state index in [1.807, 2.05) is 0 Å². The highest BCUT2D eigenvalue weighted by atomic mass is 28.3. The third kappa shape index (κ3) is 9.19. The maximum atomic E-state index is 2.52. The molecule has 0 rings (SSSR count). The molecule has 0 saturated carbocycles. The molecular formula is C17H38Si. The van der Waals surface area contributed by atoms with Gasteiger partial charge in [0.15, 0.2) is 0 Å². The lowest BCUT2D eigenvalue weighted by Gasteiger charge is -2.30. The minimum Gasteiger partial charge on any atom is -0.0693 e. The van der Waals surface area contributed by atoms with E-state index in [0.717, 1.165) is 11.5 Å². The lowest BCUT2D eigenvalue weighted by molar-refractivity contribution is 0.462. The zero-order chi connectivity index (χ0) is 14.0. The van der Waals surface area contributed by atoms with Gasteiger partial charge in [0.05, 0.1) is 0 Å². The van der Waals surface area contributed by atoms with Gasteiger partial charge in [-0.15, -0.1) is 0 Å². The van der Waals surface area contributed by atoms with Gasteiger partial charge in [-0.25, -0.2) is 0 Å². The summed E-state index contributed by atoms with van der Waals surface area (Å²) in [6.45, 7) is 14.8. The molecule has 0 aliphatic carbocycles. The molecule has 0 saturated heterocycles. The first-order valence-electron chi connectivity index (χ1n) is 8.39. The highest BCUT2D eigenvalue weighted by Gasteiger charge is 2.26. The monoisotopic (exact) mass is 270 g/mol. The van der Waals surface area contributed by atoms with Crippen LogP contribution in [0, 0.1) is 5.92 Å². The van der Waals surface area contributed by atoms with Crippen LogP contribution in [-0.2, 0) is 0 Å². The van der Waals surface area contributed by atoms with E-state index in [4.69, 9.17) is 0 Å². The van der Waals surface area contributed by atoms with Gasteiger partial charge in [-0.3, -0.25) is 0 Å². The second-order valence-electron chi connectivity index (χ2n) is 7.40. The molecule has 0 nitrogen and oxygen atoms in total. The molecule has 0 radical (unpaired) electrons. The van der Waals surface area contributed by atoms with Gasteiger partial charge in [0.1, 0.15) is 0 Å². The van der Waals surface area contributed by atoms with E-state index in [1.54, 1.807) is 0 Å². The van der Waals surface area contributed by atoms with Crippen molar-refractivity contribution in [1.29, 1.82) is 0 Å². The van der Waals surface area contributed by atoms with Gasteiger partial charge in [0.25, 0.3) is 0 Å². The first-order valence-corrected chi connectivity index (χ1v) is 12.0. The van der Waals surface area contributed by atoms with Gasteiger partial charge in [-0.2, -0.15) is 0 Å². The van der Waals surface area contributed by atoms with E-state index < -0.39 is 8.07 Å². The van der Waals surface area contributed by atoms with Crippen LogP contribution in [-0.4, -0.2) is 8.07 Å². The zero-order valence-corrected chi connectivity index (χ0v) is 15.0. The lowest BCUT2D eigenvalue weighted by Crippen LogP contribution is -2.30. The minimum absolute atomic E-state index is 0.914. The van der Waals surface area contributed by atoms with Crippen LogP contribution in [0.25, 0.3) is 0 Å². The number of unbranched alkanes of at least 4 members (excludes halogenated alkanes) is 7. The fourth-order valence-corrected chi connectivity index (χ4v) is 4.58. The van der Waals surface area contributed by atoms with Gasteiger partial charge in [0.2, 0.25) is 0 Å². The average Bonchev–Trinajstić information content (AvgIpc) is 2.30. The summed E-state index contributed by atoms with van der Waals surface area (Å²) in [7, 11) is -0.914. The molecule has 0 aromatic heterocycles. The van der Waals surface area contributed by atoms with Gasteiger partial charge in [-0.05, 0) is 11.5 Å². The van der Waals surface area contributed by atoms with Crippen molar-refractivity contribution in [2.45, 2.75) is 104 Å². The molecule has 110 valence electrons. The second-order valence-corrected chi connectivity index (χ2v) is 13.0. The zero-order valence-electron chi connectivity index (χ0n) is 14.0. The van der Waals surface area contributed by atoms with Crippen molar-refractivity contribution in [3.63, 3.8) is 0 Å². The molecule has 0 spiro atoms. The molecule has 0 aliphatic heterocycles. The van der Waals surface area contributed by atoms with Crippen LogP contribution >= 0.6 is 0 Å². The largest absolute Gasteiger partial charge is 0.0693 e. The van der Waals surface area contributed by atoms with Crippen molar-refractivity contribution in [3.05, 3.63) is 0 Å². The summed E-state index contributed by atoms with van der Waals surface area (Å²) in [5, 5.41) is 0. The van der Waals surface area contributed by atoms with Gasteiger partial charge in [-0.1, -0.05) is 98.2 Å². The topological polar surface area (TPSA) is 0 Å². The highest BCUT2D eigenvalue weighted by Crippen LogP contribution is 2.32. The molecule has 0 aromatic carbocycles. The molecule has 0 heterocycles. The summed E-state index contributed by atoms with van der Waals surface area (Å²) in [5.74, 6) is 0.941. The number of hydrogen-bond donors (Lipinski definition) is 0. The molecule has 18 heavy (non-hydrogen) atoms. The van der Waals surface area contributed by atoms with E-state index in [9.17, 15) is 0 Å². The Labute approximate surface area is 118 Å². The first kappa shape index (κ1) is 18.2. The molecule has 0 aliphatic rings. The first-order chi connectivity index (χ1) is 8.39. The van der Waals surface area contributed by atoms with Crippen molar-refractivity contribution < 1.29 is 0 Å². The summed E-state index contributed by atoms with van der Waals surface area (Å²) in [5.41, 5.74) is 0.974. The van der Waals surface area contributed by atoms with Gasteiger partial charge >= 0.3 is 0 Å². The predicted molar refractivity (Wildman–Crippen MR) is 89.2 cm³/mol. The third-order valence-corrected chi connectivity index (χ3v) is 8.03. The molecule has 2 atom stereocenters. The van der Waals surface area contributed by atoms with Crippen LogP contribution in [0.2, 0.25) is 25.2 Å². The number of rotatable bonds is 11. The Balaban J connectivity index is 3.43. The van der Waals surface area contributed by atoms with E-state index in [0.29, 0.717) is 0 Å². The van der Waals surface area contributed by atoms with Gasteiger partial charge < -0.3 is 0 Å². The number of hydrogen-bond acceptors (Lipinski definition) is 0. The summed E-state index contributed by atoms with van der Waals surface area (Å²) < 4.78 is 0. The molecule has 2 unspecified atom stereocenters. The van der Waals surface area contributed by atoms with E-state index in [-0.39, 0.29) is 0 Å². The summed E-state index contributed by atoms with van der Waals surface area (Å²) in [4.78, 5) is 0. The van der Waals surface area contributed by atoms with Crippen LogP contribution in [0.15, 0.2) is 0 Å². The Morgan fingerprint density at radius 2 is 1.17 bits per heavy atom. The Hall–Kier alpha value is 0.217. The molecule has 0 bridgehead atoms. The highest BCUT2D eigenvalue weighted by molar-refractivity contribution is 6.77. The van der Waals surface area contributed by atoms with Crippen molar-refractivity contribution in [1.82, 2.24) is 0 Å². The van der Waals surface area contributed by atoms with Crippen LogP contribution in [0.1, 0.15) is 78.6 Å². The second kappa shape index (κ2) is 10.1.